The Balaban J connectivity index is 1.28. The summed E-state index contributed by atoms with van der Waals surface area (Å²) in [5.41, 5.74) is 1.73. The van der Waals surface area contributed by atoms with E-state index in [0.717, 1.165) is 29.8 Å². The highest BCUT2D eigenvalue weighted by Crippen LogP contribution is 2.47. The zero-order valence-electron chi connectivity index (χ0n) is 18.7. The van der Waals surface area contributed by atoms with Crippen LogP contribution in [0, 0.1) is 5.92 Å². The molecular formula is C24H32N2O7. The molecule has 180 valence electrons. The molecule has 4 heterocycles. The van der Waals surface area contributed by atoms with Gasteiger partial charge in [-0.3, -0.25) is 9.59 Å². The van der Waals surface area contributed by atoms with E-state index in [0.29, 0.717) is 45.9 Å². The normalized spacial score (nSPS) is 29.7. The fourth-order valence-corrected chi connectivity index (χ4v) is 5.31. The van der Waals surface area contributed by atoms with Crippen LogP contribution in [0.3, 0.4) is 0 Å². The zero-order valence-corrected chi connectivity index (χ0v) is 18.7. The van der Waals surface area contributed by atoms with Gasteiger partial charge in [0, 0.05) is 49.4 Å². The fraction of sp³-hybridized carbons (Fsp3) is 0.667. The molecule has 5 rings (SSSR count). The molecule has 3 fully saturated rings. The monoisotopic (exact) mass is 460 g/mol. The topological polar surface area (TPSA) is 107 Å². The smallest absolute Gasteiger partial charge is 0.227 e. The van der Waals surface area contributed by atoms with Crippen molar-refractivity contribution >= 4 is 17.5 Å². The third-order valence-corrected chi connectivity index (χ3v) is 7.13. The zero-order chi connectivity index (χ0) is 22.8. The number of nitrogens with zero attached hydrogens (tertiary/aromatic N) is 1. The van der Waals surface area contributed by atoms with E-state index in [1.54, 1.807) is 0 Å². The number of hydrogen-bond acceptors (Lipinski definition) is 7. The molecule has 9 nitrogen and oxygen atoms in total. The van der Waals surface area contributed by atoms with Crippen LogP contribution in [0.25, 0.3) is 0 Å². The van der Waals surface area contributed by atoms with Crippen LogP contribution in [0.5, 0.6) is 5.75 Å². The molecule has 0 radical (unpaired) electrons. The standard InChI is InChI=1S/C24H32N2O7/c27-14-21-23-19(12-17(32-21)13-22(28)26-5-9-31-10-6-26)18-11-16(1-2-20(18)33-23)25-24(29)15-3-7-30-8-4-15/h1-2,11,15,17,19,21,23,27H,3-10,12-14H2,(H,25,29)/t17-,19-,21+,23+/m1/s1. The average molecular weight is 461 g/mol. The minimum absolute atomic E-state index is 0.00618. The summed E-state index contributed by atoms with van der Waals surface area (Å²) < 4.78 is 22.9. The Morgan fingerprint density at radius 2 is 1.85 bits per heavy atom. The Hall–Kier alpha value is -2.20. The highest BCUT2D eigenvalue weighted by molar-refractivity contribution is 5.92. The van der Waals surface area contributed by atoms with Gasteiger partial charge in [-0.25, -0.2) is 0 Å². The van der Waals surface area contributed by atoms with Gasteiger partial charge < -0.3 is 34.3 Å². The summed E-state index contributed by atoms with van der Waals surface area (Å²) in [4.78, 5) is 27.3. The van der Waals surface area contributed by atoms with Crippen molar-refractivity contribution in [1.29, 1.82) is 0 Å². The molecule has 0 spiro atoms. The van der Waals surface area contributed by atoms with Gasteiger partial charge in [-0.2, -0.15) is 0 Å². The molecule has 4 aliphatic rings. The summed E-state index contributed by atoms with van der Waals surface area (Å²) in [7, 11) is 0. The predicted octanol–water partition coefficient (Wildman–Crippen LogP) is 1.29. The Morgan fingerprint density at radius 1 is 1.09 bits per heavy atom. The fourth-order valence-electron chi connectivity index (χ4n) is 5.31. The summed E-state index contributed by atoms with van der Waals surface area (Å²) in [5, 5.41) is 13.0. The molecule has 0 aliphatic carbocycles. The summed E-state index contributed by atoms with van der Waals surface area (Å²) in [6.07, 6.45) is 1.27. The van der Waals surface area contributed by atoms with E-state index in [2.05, 4.69) is 5.32 Å². The number of carbonyl (C=O) groups is 2. The molecule has 2 N–H and O–H groups in total. The number of anilines is 1. The number of amides is 2. The number of ether oxygens (including phenoxy) is 4. The second-order valence-electron chi connectivity index (χ2n) is 9.23. The minimum atomic E-state index is -0.501. The van der Waals surface area contributed by atoms with Gasteiger partial charge in [0.2, 0.25) is 11.8 Å². The van der Waals surface area contributed by atoms with E-state index in [9.17, 15) is 14.7 Å². The number of aliphatic hydroxyl groups is 1. The molecule has 9 heteroatoms. The molecule has 1 aromatic carbocycles. The first-order valence-electron chi connectivity index (χ1n) is 11.9. The van der Waals surface area contributed by atoms with Gasteiger partial charge in [0.1, 0.15) is 18.0 Å². The number of benzene rings is 1. The number of carbonyl (C=O) groups excluding carboxylic acids is 2. The number of fused-ring (bicyclic) bond motifs is 3. The van der Waals surface area contributed by atoms with Gasteiger partial charge >= 0.3 is 0 Å². The number of morpholine rings is 1. The van der Waals surface area contributed by atoms with Crippen LogP contribution >= 0.6 is 0 Å². The first-order valence-corrected chi connectivity index (χ1v) is 11.9. The Bertz CT molecular complexity index is 866. The molecular weight excluding hydrogens is 428 g/mol. The second-order valence-corrected chi connectivity index (χ2v) is 9.23. The highest BCUT2D eigenvalue weighted by atomic mass is 16.6. The lowest BCUT2D eigenvalue weighted by Gasteiger charge is -2.38. The average Bonchev–Trinajstić information content (AvgIpc) is 3.22. The minimum Gasteiger partial charge on any atom is -0.487 e. The Morgan fingerprint density at radius 3 is 2.61 bits per heavy atom. The number of aliphatic hydroxyl groups excluding tert-OH is 1. The van der Waals surface area contributed by atoms with Crippen molar-refractivity contribution in [3.05, 3.63) is 23.8 Å². The lowest BCUT2D eigenvalue weighted by Crippen LogP contribution is -2.48. The molecule has 0 bridgehead atoms. The number of nitrogens with one attached hydrogen (secondary N) is 1. The molecule has 0 saturated carbocycles. The first-order chi connectivity index (χ1) is 16.1. The van der Waals surface area contributed by atoms with E-state index in [-0.39, 0.29) is 48.9 Å². The molecule has 2 amide bonds. The number of rotatable bonds is 5. The predicted molar refractivity (Wildman–Crippen MR) is 118 cm³/mol. The third-order valence-electron chi connectivity index (χ3n) is 7.13. The van der Waals surface area contributed by atoms with Crippen molar-refractivity contribution in [3.63, 3.8) is 0 Å². The van der Waals surface area contributed by atoms with E-state index >= 15 is 0 Å². The SMILES string of the molecule is O=C(Nc1ccc2c(c1)[C@H]1C[C@H](CC(=O)N3CCOCC3)O[C@@H](CO)[C@H]1O2)C1CCOCC1. The van der Waals surface area contributed by atoms with Crippen molar-refractivity contribution in [2.45, 2.75) is 49.9 Å². The maximum absolute atomic E-state index is 12.8. The van der Waals surface area contributed by atoms with Crippen molar-refractivity contribution < 1.29 is 33.6 Å². The Kier molecular flexibility index (Phi) is 6.82. The first kappa shape index (κ1) is 22.6. The third kappa shape index (κ3) is 4.87. The van der Waals surface area contributed by atoms with Crippen LogP contribution in [0.15, 0.2) is 18.2 Å². The van der Waals surface area contributed by atoms with E-state index in [1.165, 1.54) is 0 Å². The van der Waals surface area contributed by atoms with Crippen molar-refractivity contribution in [2.75, 3.05) is 51.4 Å². The highest BCUT2D eigenvalue weighted by Gasteiger charge is 2.46. The van der Waals surface area contributed by atoms with Gasteiger partial charge in [-0.1, -0.05) is 0 Å². The summed E-state index contributed by atoms with van der Waals surface area (Å²) in [6.45, 7) is 3.38. The van der Waals surface area contributed by atoms with Crippen LogP contribution in [-0.2, 0) is 23.8 Å². The molecule has 4 atom stereocenters. The summed E-state index contributed by atoms with van der Waals surface area (Å²) in [5.74, 6) is 0.774. The van der Waals surface area contributed by atoms with Crippen LogP contribution in [0.1, 0.15) is 37.2 Å². The number of hydrogen-bond donors (Lipinski definition) is 2. The van der Waals surface area contributed by atoms with Gasteiger partial charge in [0.25, 0.3) is 0 Å². The molecule has 0 aromatic heterocycles. The molecule has 1 aromatic rings. The lowest BCUT2D eigenvalue weighted by atomic mass is 9.84. The van der Waals surface area contributed by atoms with Gasteiger partial charge in [0.15, 0.2) is 0 Å². The maximum atomic E-state index is 12.8. The van der Waals surface area contributed by atoms with E-state index in [1.807, 2.05) is 23.1 Å². The van der Waals surface area contributed by atoms with Crippen LogP contribution in [0.2, 0.25) is 0 Å². The Labute approximate surface area is 193 Å². The molecule has 0 unspecified atom stereocenters. The van der Waals surface area contributed by atoms with Crippen LogP contribution in [-0.4, -0.2) is 86.3 Å². The summed E-state index contributed by atoms with van der Waals surface area (Å²) >= 11 is 0. The van der Waals surface area contributed by atoms with Crippen molar-refractivity contribution in [3.8, 4) is 5.75 Å². The quantitative estimate of drug-likeness (QED) is 0.682. The lowest BCUT2D eigenvalue weighted by molar-refractivity contribution is -0.151. The van der Waals surface area contributed by atoms with Gasteiger partial charge in [-0.15, -0.1) is 0 Å². The largest absolute Gasteiger partial charge is 0.487 e. The maximum Gasteiger partial charge on any atom is 0.227 e. The van der Waals surface area contributed by atoms with E-state index < -0.39 is 6.10 Å². The van der Waals surface area contributed by atoms with Gasteiger partial charge in [0.05, 0.1) is 32.3 Å². The second kappa shape index (κ2) is 9.97. The molecule has 33 heavy (non-hydrogen) atoms. The van der Waals surface area contributed by atoms with Crippen molar-refractivity contribution in [2.24, 2.45) is 5.92 Å². The van der Waals surface area contributed by atoms with Crippen molar-refractivity contribution in [1.82, 2.24) is 4.90 Å². The van der Waals surface area contributed by atoms with Crippen LogP contribution < -0.4 is 10.1 Å². The molecule has 4 aliphatic heterocycles. The van der Waals surface area contributed by atoms with Crippen LogP contribution in [0.4, 0.5) is 5.69 Å². The van der Waals surface area contributed by atoms with Gasteiger partial charge in [-0.05, 0) is 37.5 Å². The summed E-state index contributed by atoms with van der Waals surface area (Å²) in [6, 6.07) is 5.69. The molecule has 3 saturated heterocycles. The van der Waals surface area contributed by atoms with E-state index in [4.69, 9.17) is 18.9 Å².